The van der Waals surface area contributed by atoms with Crippen LogP contribution >= 0.6 is 23.2 Å². The van der Waals surface area contributed by atoms with E-state index in [0.29, 0.717) is 51.1 Å². The molecule has 1 amide bonds. The van der Waals surface area contributed by atoms with Crippen molar-refractivity contribution in [2.75, 3.05) is 38.8 Å². The van der Waals surface area contributed by atoms with Crippen LogP contribution in [-0.4, -0.2) is 73.6 Å². The first-order chi connectivity index (χ1) is 25.5. The topological polar surface area (TPSA) is 162 Å². The Balaban J connectivity index is 0.00000175. The number of nitrogens with zero attached hydrogens (tertiary/aromatic N) is 3. The quantitative estimate of drug-likeness (QED) is 0.0749. The smallest absolute Gasteiger partial charge is 0.414 e. The number of carbonyl (C=O) groups excluding carboxylic acids is 2. The molecule has 3 saturated heterocycles. The lowest BCUT2D eigenvalue weighted by molar-refractivity contribution is -0.605. The number of carbonyl (C=O) groups is 3. The standard InChI is InChI=1S/C37H37Cl2N3O8.CH2O2/c1-47-32-10-9-25(16-34(32)48-2)33(18-29-30(38)20-41(46)21-31(29)39)49-36(44)26-6-3-5-23(15-26)19-42(27-7-4-8-28(43)17-27)37(45)50-35-22-40-13-11-24(35)12-14-40;2-1-3/h3-10,15-17,20-21,24,33,35,43H,11-14,18-19,22H2,1-2H3;1H,(H,2,3)/t33?,35-;/m0./s1. The van der Waals surface area contributed by atoms with Crippen LogP contribution in [0.3, 0.4) is 0 Å². The number of amides is 1. The van der Waals surface area contributed by atoms with E-state index in [2.05, 4.69) is 4.90 Å². The van der Waals surface area contributed by atoms with E-state index in [1.54, 1.807) is 54.6 Å². The Kier molecular flexibility index (Phi) is 13.2. The fourth-order valence-corrected chi connectivity index (χ4v) is 7.13. The summed E-state index contributed by atoms with van der Waals surface area (Å²) in [5, 5.41) is 29.3. The molecule has 0 aliphatic carbocycles. The number of hydrogen-bond acceptors (Lipinski definition) is 10. The van der Waals surface area contributed by atoms with Crippen molar-refractivity contribution in [2.24, 2.45) is 5.92 Å². The van der Waals surface area contributed by atoms with Gasteiger partial charge in [0.25, 0.3) is 6.47 Å². The number of rotatable bonds is 11. The minimum absolute atomic E-state index is 0.00496. The molecule has 3 aromatic carbocycles. The van der Waals surface area contributed by atoms with Crippen LogP contribution in [0.2, 0.25) is 10.0 Å². The van der Waals surface area contributed by atoms with Crippen molar-refractivity contribution in [2.45, 2.75) is 38.0 Å². The molecule has 280 valence electrons. The average molecular weight is 769 g/mol. The highest BCUT2D eigenvalue weighted by molar-refractivity contribution is 6.35. The molecule has 2 N–H and O–H groups in total. The van der Waals surface area contributed by atoms with E-state index in [1.807, 2.05) is 0 Å². The van der Waals surface area contributed by atoms with Gasteiger partial charge in [0.2, 0.25) is 0 Å². The van der Waals surface area contributed by atoms with Crippen molar-refractivity contribution in [1.29, 1.82) is 0 Å². The Hall–Kier alpha value is -5.24. The van der Waals surface area contributed by atoms with Crippen LogP contribution in [0.25, 0.3) is 0 Å². The largest absolute Gasteiger partial charge is 0.619 e. The number of ether oxygens (including phenoxy) is 4. The SMILES string of the molecule is COc1ccc(C(Cc2c(Cl)c[n+]([O-])cc2Cl)OC(=O)c2cccc(CN(C(=O)O[C@H]3CN4CCC3CC4)c3cccc(O)c3)c2)cc1OC.O=CO. The molecule has 15 heteroatoms. The number of benzene rings is 3. The molecule has 1 aromatic heterocycles. The number of fused-ring (bicyclic) bond motifs is 3. The fourth-order valence-electron chi connectivity index (χ4n) is 6.53. The Morgan fingerprint density at radius 2 is 1.68 bits per heavy atom. The van der Waals surface area contributed by atoms with E-state index in [9.17, 15) is 19.9 Å². The monoisotopic (exact) mass is 767 g/mol. The molecule has 3 fully saturated rings. The van der Waals surface area contributed by atoms with Gasteiger partial charge in [0, 0.05) is 24.6 Å². The molecule has 0 saturated carbocycles. The zero-order valence-corrected chi connectivity index (χ0v) is 30.5. The number of anilines is 1. The molecule has 2 atom stereocenters. The summed E-state index contributed by atoms with van der Waals surface area (Å²) in [7, 11) is 3.02. The maximum atomic E-state index is 13.8. The number of phenolic OH excluding ortho intramolecular Hbond substituents is 1. The third kappa shape index (κ3) is 9.80. The molecule has 0 radical (unpaired) electrons. The van der Waals surface area contributed by atoms with Gasteiger partial charge in [-0.25, -0.2) is 9.59 Å². The van der Waals surface area contributed by atoms with Gasteiger partial charge in [0.1, 0.15) is 28.0 Å². The summed E-state index contributed by atoms with van der Waals surface area (Å²) < 4.78 is 23.5. The molecule has 4 aromatic rings. The van der Waals surface area contributed by atoms with Gasteiger partial charge in [-0.1, -0.05) is 47.5 Å². The van der Waals surface area contributed by atoms with Crippen molar-refractivity contribution < 1.29 is 48.3 Å². The number of halogens is 2. The molecular formula is C38H39Cl2N3O10. The molecule has 1 unspecified atom stereocenters. The highest BCUT2D eigenvalue weighted by Gasteiger charge is 2.37. The lowest BCUT2D eigenvalue weighted by Crippen LogP contribution is -2.53. The third-order valence-electron chi connectivity index (χ3n) is 9.19. The first-order valence-corrected chi connectivity index (χ1v) is 17.4. The van der Waals surface area contributed by atoms with Crippen molar-refractivity contribution in [3.8, 4) is 17.2 Å². The van der Waals surface area contributed by atoms with Crippen molar-refractivity contribution in [1.82, 2.24) is 4.90 Å². The lowest BCUT2D eigenvalue weighted by atomic mass is 9.86. The maximum Gasteiger partial charge on any atom is 0.414 e. The third-order valence-corrected chi connectivity index (χ3v) is 9.84. The lowest BCUT2D eigenvalue weighted by Gasteiger charge is -2.44. The summed E-state index contributed by atoms with van der Waals surface area (Å²) in [6, 6.07) is 18.3. The van der Waals surface area contributed by atoms with Crippen LogP contribution in [0.1, 0.15) is 46.0 Å². The zero-order chi connectivity index (χ0) is 38.1. The van der Waals surface area contributed by atoms with E-state index >= 15 is 0 Å². The van der Waals surface area contributed by atoms with E-state index in [-0.39, 0.29) is 46.9 Å². The number of hydrogen-bond donors (Lipinski definition) is 2. The summed E-state index contributed by atoms with van der Waals surface area (Å²) in [5.74, 6) is 0.583. The van der Waals surface area contributed by atoms with Crippen LogP contribution in [0.5, 0.6) is 17.2 Å². The first-order valence-electron chi connectivity index (χ1n) is 16.7. The summed E-state index contributed by atoms with van der Waals surface area (Å²) in [6.45, 7) is 2.53. The number of methoxy groups -OCH3 is 2. The van der Waals surface area contributed by atoms with Gasteiger partial charge in [0.15, 0.2) is 23.9 Å². The predicted molar refractivity (Wildman–Crippen MR) is 196 cm³/mol. The second-order valence-corrected chi connectivity index (χ2v) is 13.3. The summed E-state index contributed by atoms with van der Waals surface area (Å²) in [4.78, 5) is 39.6. The average Bonchev–Trinajstić information content (AvgIpc) is 3.15. The second kappa shape index (κ2) is 18.0. The summed E-state index contributed by atoms with van der Waals surface area (Å²) in [6.07, 6.45) is 2.73. The van der Waals surface area contributed by atoms with Gasteiger partial charge >= 0.3 is 12.1 Å². The van der Waals surface area contributed by atoms with Gasteiger partial charge < -0.3 is 34.4 Å². The molecule has 13 nitrogen and oxygen atoms in total. The number of carboxylic acid groups (broad SMARTS) is 1. The zero-order valence-electron chi connectivity index (χ0n) is 29.0. The highest BCUT2D eigenvalue weighted by atomic mass is 35.5. The first kappa shape index (κ1) is 39.0. The van der Waals surface area contributed by atoms with Gasteiger partial charge in [-0.15, -0.1) is 0 Å². The van der Waals surface area contributed by atoms with Crippen LogP contribution in [-0.2, 0) is 27.2 Å². The Bertz CT molecular complexity index is 1900. The summed E-state index contributed by atoms with van der Waals surface area (Å²) in [5.41, 5.74) is 2.31. The molecule has 4 heterocycles. The maximum absolute atomic E-state index is 13.8. The van der Waals surface area contributed by atoms with Gasteiger partial charge in [-0.3, -0.25) is 14.6 Å². The second-order valence-electron chi connectivity index (χ2n) is 12.5. The van der Waals surface area contributed by atoms with E-state index in [4.69, 9.17) is 52.1 Å². The molecule has 2 bridgehead atoms. The molecule has 7 rings (SSSR count). The normalized spacial score (nSPS) is 17.8. The number of phenols is 1. The molecular weight excluding hydrogens is 729 g/mol. The highest BCUT2D eigenvalue weighted by Crippen LogP contribution is 2.36. The predicted octanol–water partition coefficient (Wildman–Crippen LogP) is 6.43. The van der Waals surface area contributed by atoms with Crippen LogP contribution in [0.15, 0.2) is 79.1 Å². The molecule has 53 heavy (non-hydrogen) atoms. The summed E-state index contributed by atoms with van der Waals surface area (Å²) >= 11 is 12.8. The molecule has 3 aliphatic heterocycles. The van der Waals surface area contributed by atoms with Crippen LogP contribution in [0.4, 0.5) is 10.5 Å². The van der Waals surface area contributed by atoms with Gasteiger partial charge in [0.05, 0.1) is 32.0 Å². The van der Waals surface area contributed by atoms with Gasteiger partial charge in [-0.2, -0.15) is 4.73 Å². The molecule has 0 spiro atoms. The number of esters is 1. The van der Waals surface area contributed by atoms with Crippen molar-refractivity contribution >= 4 is 47.4 Å². The van der Waals surface area contributed by atoms with Crippen molar-refractivity contribution in [3.63, 3.8) is 0 Å². The minimum Gasteiger partial charge on any atom is -0.619 e. The molecule has 3 aliphatic rings. The Morgan fingerprint density at radius 3 is 2.30 bits per heavy atom. The van der Waals surface area contributed by atoms with Crippen LogP contribution < -0.4 is 19.1 Å². The number of aromatic nitrogens is 1. The Labute approximate surface area is 316 Å². The Morgan fingerprint density at radius 1 is 1.00 bits per heavy atom. The van der Waals surface area contributed by atoms with E-state index in [1.165, 1.54) is 43.6 Å². The van der Waals surface area contributed by atoms with Gasteiger partial charge in [-0.05, 0) is 79.4 Å². The van der Waals surface area contributed by atoms with Crippen LogP contribution in [0, 0.1) is 11.1 Å². The number of aromatic hydroxyl groups is 1. The number of pyridine rings is 1. The van der Waals surface area contributed by atoms with Crippen molar-refractivity contribution in [3.05, 3.63) is 117 Å². The minimum atomic E-state index is -0.899. The van der Waals surface area contributed by atoms with E-state index in [0.717, 1.165) is 25.9 Å². The fraction of sp³-hybridized carbons (Fsp3) is 0.316. The van der Waals surface area contributed by atoms with E-state index < -0.39 is 18.2 Å². The number of piperidine rings is 3.